The molecule has 0 aromatic heterocycles. The van der Waals surface area contributed by atoms with E-state index >= 15 is 0 Å². The zero-order valence-corrected chi connectivity index (χ0v) is 8.84. The monoisotopic (exact) mass is 208 g/mol. The van der Waals surface area contributed by atoms with Crippen molar-refractivity contribution in [3.8, 4) is 0 Å². The SMILES string of the molecule is CC(=O)O[C@H]1CCSc2ccccc21. The van der Waals surface area contributed by atoms with Crippen molar-refractivity contribution in [2.24, 2.45) is 0 Å². The van der Waals surface area contributed by atoms with Gasteiger partial charge in [-0.05, 0) is 12.5 Å². The number of carbonyl (C=O) groups is 1. The molecule has 0 saturated heterocycles. The van der Waals surface area contributed by atoms with Gasteiger partial charge in [-0.1, -0.05) is 18.2 Å². The number of hydrogen-bond donors (Lipinski definition) is 0. The van der Waals surface area contributed by atoms with E-state index in [9.17, 15) is 4.79 Å². The molecule has 1 atom stereocenters. The van der Waals surface area contributed by atoms with Crippen LogP contribution in [0, 0.1) is 0 Å². The number of thioether (sulfide) groups is 1. The highest BCUT2D eigenvalue weighted by Crippen LogP contribution is 2.37. The van der Waals surface area contributed by atoms with Crippen molar-refractivity contribution in [3.63, 3.8) is 0 Å². The summed E-state index contributed by atoms with van der Waals surface area (Å²) in [6, 6.07) is 8.12. The van der Waals surface area contributed by atoms with Crippen molar-refractivity contribution >= 4 is 17.7 Å². The number of benzene rings is 1. The van der Waals surface area contributed by atoms with E-state index in [0.717, 1.165) is 17.7 Å². The van der Waals surface area contributed by atoms with Crippen molar-refractivity contribution in [1.82, 2.24) is 0 Å². The van der Waals surface area contributed by atoms with E-state index in [-0.39, 0.29) is 12.1 Å². The first kappa shape index (κ1) is 9.59. The van der Waals surface area contributed by atoms with Crippen LogP contribution < -0.4 is 0 Å². The topological polar surface area (TPSA) is 26.3 Å². The molecule has 74 valence electrons. The first-order chi connectivity index (χ1) is 6.77. The Morgan fingerprint density at radius 2 is 2.29 bits per heavy atom. The zero-order valence-electron chi connectivity index (χ0n) is 8.03. The summed E-state index contributed by atoms with van der Waals surface area (Å²) >= 11 is 1.83. The zero-order chi connectivity index (χ0) is 9.97. The van der Waals surface area contributed by atoms with E-state index < -0.39 is 0 Å². The van der Waals surface area contributed by atoms with Crippen LogP contribution in [-0.2, 0) is 9.53 Å². The molecular weight excluding hydrogens is 196 g/mol. The maximum atomic E-state index is 10.9. The lowest BCUT2D eigenvalue weighted by Gasteiger charge is -2.24. The highest BCUT2D eigenvalue weighted by atomic mass is 32.2. The fourth-order valence-electron chi connectivity index (χ4n) is 1.63. The molecule has 0 fully saturated rings. The molecule has 0 radical (unpaired) electrons. The molecule has 1 aromatic rings. The molecule has 0 N–H and O–H groups in total. The van der Waals surface area contributed by atoms with Crippen LogP contribution in [0.15, 0.2) is 29.2 Å². The fraction of sp³-hybridized carbons (Fsp3) is 0.364. The van der Waals surface area contributed by atoms with E-state index in [1.807, 2.05) is 30.0 Å². The molecule has 2 nitrogen and oxygen atoms in total. The smallest absolute Gasteiger partial charge is 0.303 e. The third kappa shape index (κ3) is 1.93. The first-order valence-electron chi connectivity index (χ1n) is 4.66. The minimum Gasteiger partial charge on any atom is -0.458 e. The standard InChI is InChI=1S/C11H12O2S/c1-8(12)13-10-6-7-14-11-5-3-2-4-9(10)11/h2-5,10H,6-7H2,1H3/t10-/m0/s1. The number of hydrogen-bond acceptors (Lipinski definition) is 3. The molecule has 1 aliphatic rings. The molecule has 1 aliphatic heterocycles. The fourth-order valence-corrected chi connectivity index (χ4v) is 2.72. The van der Waals surface area contributed by atoms with Crippen LogP contribution in [0.3, 0.4) is 0 Å². The maximum absolute atomic E-state index is 10.9. The number of carbonyl (C=O) groups excluding carboxylic acids is 1. The lowest BCUT2D eigenvalue weighted by Crippen LogP contribution is -2.13. The predicted molar refractivity (Wildman–Crippen MR) is 56.3 cm³/mol. The summed E-state index contributed by atoms with van der Waals surface area (Å²) in [5.74, 6) is 0.825. The molecule has 3 heteroatoms. The van der Waals surface area contributed by atoms with Crippen molar-refractivity contribution in [3.05, 3.63) is 29.8 Å². The Kier molecular flexibility index (Phi) is 2.77. The van der Waals surface area contributed by atoms with E-state index in [1.165, 1.54) is 11.8 Å². The summed E-state index contributed by atoms with van der Waals surface area (Å²) in [6.07, 6.45) is 0.881. The molecule has 0 aliphatic carbocycles. The molecule has 0 amide bonds. The van der Waals surface area contributed by atoms with Crippen LogP contribution >= 0.6 is 11.8 Å². The summed E-state index contributed by atoms with van der Waals surface area (Å²) in [7, 11) is 0. The van der Waals surface area contributed by atoms with Gasteiger partial charge >= 0.3 is 5.97 Å². The summed E-state index contributed by atoms with van der Waals surface area (Å²) in [6.45, 7) is 1.46. The van der Waals surface area contributed by atoms with Gasteiger partial charge in [-0.25, -0.2) is 0 Å². The molecule has 14 heavy (non-hydrogen) atoms. The lowest BCUT2D eigenvalue weighted by molar-refractivity contribution is -0.147. The van der Waals surface area contributed by atoms with Gasteiger partial charge in [-0.15, -0.1) is 11.8 Å². The third-order valence-electron chi connectivity index (χ3n) is 2.21. The maximum Gasteiger partial charge on any atom is 0.303 e. The Balaban J connectivity index is 2.26. The summed E-state index contributed by atoms with van der Waals surface area (Å²) in [5, 5.41) is 0. The van der Waals surface area contributed by atoms with Gasteiger partial charge in [0.2, 0.25) is 0 Å². The molecule has 0 saturated carbocycles. The van der Waals surface area contributed by atoms with E-state index in [1.54, 1.807) is 0 Å². The quantitative estimate of drug-likeness (QED) is 0.664. The van der Waals surface area contributed by atoms with Gasteiger partial charge in [0.05, 0.1) is 0 Å². The van der Waals surface area contributed by atoms with Crippen LogP contribution in [0.4, 0.5) is 0 Å². The highest BCUT2D eigenvalue weighted by Gasteiger charge is 2.22. The van der Waals surface area contributed by atoms with Gasteiger partial charge in [-0.2, -0.15) is 0 Å². The van der Waals surface area contributed by atoms with Crippen LogP contribution in [0.1, 0.15) is 25.0 Å². The third-order valence-corrected chi connectivity index (χ3v) is 3.33. The Bertz CT molecular complexity index is 349. The second-order valence-electron chi connectivity index (χ2n) is 3.27. The number of fused-ring (bicyclic) bond motifs is 1. The molecule has 1 aromatic carbocycles. The van der Waals surface area contributed by atoms with Crippen molar-refractivity contribution in [2.75, 3.05) is 5.75 Å². The molecule has 2 rings (SSSR count). The highest BCUT2D eigenvalue weighted by molar-refractivity contribution is 7.99. The van der Waals surface area contributed by atoms with Crippen LogP contribution in [0.25, 0.3) is 0 Å². The largest absolute Gasteiger partial charge is 0.458 e. The van der Waals surface area contributed by atoms with Gasteiger partial charge in [0.25, 0.3) is 0 Å². The van der Waals surface area contributed by atoms with Gasteiger partial charge in [0.15, 0.2) is 0 Å². The number of ether oxygens (including phenoxy) is 1. The minimum atomic E-state index is -0.197. The van der Waals surface area contributed by atoms with Crippen LogP contribution in [0.5, 0.6) is 0 Å². The predicted octanol–water partition coefficient (Wildman–Crippen LogP) is 2.79. The summed E-state index contributed by atoms with van der Waals surface area (Å²) in [4.78, 5) is 12.1. The molecule has 0 unspecified atom stereocenters. The Labute approximate surface area is 87.6 Å². The lowest BCUT2D eigenvalue weighted by atomic mass is 10.1. The Morgan fingerprint density at radius 1 is 1.50 bits per heavy atom. The second kappa shape index (κ2) is 4.05. The van der Waals surface area contributed by atoms with E-state index in [4.69, 9.17) is 4.74 Å². The van der Waals surface area contributed by atoms with Gasteiger partial charge in [0, 0.05) is 23.1 Å². The van der Waals surface area contributed by atoms with Gasteiger partial charge in [0.1, 0.15) is 6.10 Å². The summed E-state index contributed by atoms with van der Waals surface area (Å²) in [5.41, 5.74) is 1.15. The number of rotatable bonds is 1. The average molecular weight is 208 g/mol. The van der Waals surface area contributed by atoms with E-state index in [0.29, 0.717) is 0 Å². The number of esters is 1. The summed E-state index contributed by atoms with van der Waals surface area (Å²) < 4.78 is 5.27. The van der Waals surface area contributed by atoms with Crippen molar-refractivity contribution in [1.29, 1.82) is 0 Å². The van der Waals surface area contributed by atoms with Gasteiger partial charge < -0.3 is 4.74 Å². The van der Waals surface area contributed by atoms with Crippen molar-refractivity contribution in [2.45, 2.75) is 24.3 Å². The molecule has 0 spiro atoms. The Hall–Kier alpha value is -0.960. The average Bonchev–Trinajstić information content (AvgIpc) is 2.18. The van der Waals surface area contributed by atoms with Crippen LogP contribution in [0.2, 0.25) is 0 Å². The van der Waals surface area contributed by atoms with Crippen LogP contribution in [-0.4, -0.2) is 11.7 Å². The van der Waals surface area contributed by atoms with Crippen molar-refractivity contribution < 1.29 is 9.53 Å². The van der Waals surface area contributed by atoms with Gasteiger partial charge in [-0.3, -0.25) is 4.79 Å². The normalized spacial score (nSPS) is 19.9. The molecule has 1 heterocycles. The first-order valence-corrected chi connectivity index (χ1v) is 5.65. The minimum absolute atomic E-state index is 0.0371. The molecule has 0 bridgehead atoms. The Morgan fingerprint density at radius 3 is 3.07 bits per heavy atom. The van der Waals surface area contributed by atoms with E-state index in [2.05, 4.69) is 6.07 Å². The second-order valence-corrected chi connectivity index (χ2v) is 4.41. The molecular formula is C11H12O2S.